The summed E-state index contributed by atoms with van der Waals surface area (Å²) in [6.07, 6.45) is 0.0921. The number of quaternary nitrogens is 1. The smallest absolute Gasteiger partial charge is 0.261 e. The number of likely N-dealkylation sites (N-methyl/N-ethyl adjacent to an activating group) is 1. The number of carbonyl (C=O) groups excluding carboxylic acids is 3. The van der Waals surface area contributed by atoms with Gasteiger partial charge in [-0.25, -0.2) is 5.01 Å². The number of nitrogens with one attached hydrogen (secondary N) is 2. The van der Waals surface area contributed by atoms with Gasteiger partial charge in [0.25, 0.3) is 11.8 Å². The molecule has 2 N–H and O–H groups in total. The van der Waals surface area contributed by atoms with Crippen molar-refractivity contribution in [1.82, 2.24) is 15.3 Å². The molecule has 0 radical (unpaired) electrons. The van der Waals surface area contributed by atoms with Gasteiger partial charge in [-0.15, -0.1) is 0 Å². The summed E-state index contributed by atoms with van der Waals surface area (Å²) in [5, 5.41) is 3.49. The molecule has 2 aromatic carbocycles. The quantitative estimate of drug-likeness (QED) is 0.727. The van der Waals surface area contributed by atoms with E-state index in [0.29, 0.717) is 16.5 Å². The SMILES string of the molecule is C[NH+]1CCN(NC(=O)CCN2C(=O)c3cccc4cccc(c34)C2=O)CC1. The molecule has 7 heteroatoms. The van der Waals surface area contributed by atoms with Gasteiger partial charge in [-0.05, 0) is 17.5 Å². The highest BCUT2D eigenvalue weighted by atomic mass is 16.2. The van der Waals surface area contributed by atoms with E-state index in [0.717, 1.165) is 31.6 Å². The summed E-state index contributed by atoms with van der Waals surface area (Å²) in [5.74, 6) is -0.840. The first-order valence-corrected chi connectivity index (χ1v) is 9.28. The summed E-state index contributed by atoms with van der Waals surface area (Å²) < 4.78 is 0. The molecule has 1 saturated heterocycles. The van der Waals surface area contributed by atoms with Gasteiger partial charge in [0.15, 0.2) is 0 Å². The molecule has 2 aliphatic rings. The van der Waals surface area contributed by atoms with Gasteiger partial charge in [0.1, 0.15) is 0 Å². The largest absolute Gasteiger partial charge is 0.335 e. The first-order valence-electron chi connectivity index (χ1n) is 9.28. The molecule has 0 spiro atoms. The lowest BCUT2D eigenvalue weighted by Crippen LogP contribution is -3.12. The summed E-state index contributed by atoms with van der Waals surface area (Å²) in [4.78, 5) is 40.5. The highest BCUT2D eigenvalue weighted by Gasteiger charge is 2.32. The maximum atomic E-state index is 12.8. The van der Waals surface area contributed by atoms with Gasteiger partial charge in [-0.2, -0.15) is 0 Å². The van der Waals surface area contributed by atoms with Crippen LogP contribution in [-0.2, 0) is 4.79 Å². The van der Waals surface area contributed by atoms with Gasteiger partial charge in [-0.3, -0.25) is 24.7 Å². The fraction of sp³-hybridized carbons (Fsp3) is 0.350. The topological polar surface area (TPSA) is 74.2 Å². The number of hydrogen-bond acceptors (Lipinski definition) is 4. The predicted molar refractivity (Wildman–Crippen MR) is 100 cm³/mol. The predicted octanol–water partition coefficient (Wildman–Crippen LogP) is -0.313. The zero-order valence-electron chi connectivity index (χ0n) is 15.3. The Hall–Kier alpha value is -2.77. The number of amides is 3. The third kappa shape index (κ3) is 3.31. The van der Waals surface area contributed by atoms with Crippen molar-refractivity contribution in [3.63, 3.8) is 0 Å². The molecular formula is C20H23N4O3+. The number of benzene rings is 2. The van der Waals surface area contributed by atoms with Gasteiger partial charge in [0, 0.05) is 29.5 Å². The van der Waals surface area contributed by atoms with Crippen LogP contribution in [0.5, 0.6) is 0 Å². The minimum absolute atomic E-state index is 0.0766. The lowest BCUT2D eigenvalue weighted by Gasteiger charge is -2.30. The number of imide groups is 1. The van der Waals surface area contributed by atoms with Crippen LogP contribution in [-0.4, -0.2) is 67.4 Å². The first-order chi connectivity index (χ1) is 13.0. The van der Waals surface area contributed by atoms with Crippen LogP contribution < -0.4 is 10.3 Å². The lowest BCUT2D eigenvalue weighted by molar-refractivity contribution is -0.884. The van der Waals surface area contributed by atoms with Gasteiger partial charge >= 0.3 is 0 Å². The minimum Gasteiger partial charge on any atom is -0.335 e. The molecule has 2 aliphatic heterocycles. The Morgan fingerprint density at radius 3 is 2.22 bits per heavy atom. The van der Waals surface area contributed by atoms with E-state index in [2.05, 4.69) is 12.5 Å². The Balaban J connectivity index is 1.45. The lowest BCUT2D eigenvalue weighted by atomic mass is 9.94. The van der Waals surface area contributed by atoms with Crippen molar-refractivity contribution in [3.8, 4) is 0 Å². The van der Waals surface area contributed by atoms with E-state index < -0.39 is 0 Å². The van der Waals surface area contributed by atoms with Gasteiger partial charge in [0.2, 0.25) is 5.91 Å². The second-order valence-electron chi connectivity index (χ2n) is 7.20. The van der Waals surface area contributed by atoms with Crippen molar-refractivity contribution in [2.75, 3.05) is 39.8 Å². The van der Waals surface area contributed by atoms with E-state index >= 15 is 0 Å². The van der Waals surface area contributed by atoms with E-state index in [4.69, 9.17) is 0 Å². The number of hydrazine groups is 1. The Kier molecular flexibility index (Phi) is 4.63. The number of rotatable bonds is 4. The average molecular weight is 367 g/mol. The van der Waals surface area contributed by atoms with Crippen molar-refractivity contribution in [3.05, 3.63) is 47.5 Å². The number of nitrogens with zero attached hydrogens (tertiary/aromatic N) is 2. The van der Waals surface area contributed by atoms with Crippen LogP contribution in [0.3, 0.4) is 0 Å². The fourth-order valence-corrected chi connectivity index (χ4v) is 3.73. The highest BCUT2D eigenvalue weighted by Crippen LogP contribution is 2.29. The Bertz CT molecular complexity index is 868. The Morgan fingerprint density at radius 2 is 1.63 bits per heavy atom. The molecule has 0 aliphatic carbocycles. The molecule has 2 aromatic rings. The molecule has 0 aromatic heterocycles. The van der Waals surface area contributed by atoms with E-state index in [1.165, 1.54) is 9.80 Å². The van der Waals surface area contributed by atoms with Crippen molar-refractivity contribution in [2.24, 2.45) is 0 Å². The number of hydrogen-bond donors (Lipinski definition) is 2. The van der Waals surface area contributed by atoms with Gasteiger partial charge in [-0.1, -0.05) is 24.3 Å². The third-order valence-electron chi connectivity index (χ3n) is 5.32. The van der Waals surface area contributed by atoms with Crippen molar-refractivity contribution >= 4 is 28.5 Å². The number of carbonyl (C=O) groups is 3. The second-order valence-corrected chi connectivity index (χ2v) is 7.20. The minimum atomic E-state index is -0.333. The Labute approximate surface area is 157 Å². The second kappa shape index (κ2) is 7.09. The third-order valence-corrected chi connectivity index (χ3v) is 5.32. The van der Waals surface area contributed by atoms with E-state index in [1.54, 1.807) is 12.1 Å². The van der Waals surface area contributed by atoms with Crippen LogP contribution in [0.15, 0.2) is 36.4 Å². The molecule has 0 atom stereocenters. The van der Waals surface area contributed by atoms with Crippen LogP contribution in [0.1, 0.15) is 27.1 Å². The molecule has 1 fully saturated rings. The zero-order valence-corrected chi connectivity index (χ0v) is 15.3. The Morgan fingerprint density at radius 1 is 1.04 bits per heavy atom. The molecule has 2 heterocycles. The maximum Gasteiger partial charge on any atom is 0.261 e. The van der Waals surface area contributed by atoms with Gasteiger partial charge < -0.3 is 4.90 Å². The maximum absolute atomic E-state index is 12.8. The monoisotopic (exact) mass is 367 g/mol. The molecule has 7 nitrogen and oxygen atoms in total. The first kappa shape index (κ1) is 17.6. The molecular weight excluding hydrogens is 344 g/mol. The van der Waals surface area contributed by atoms with Crippen LogP contribution >= 0.6 is 0 Å². The molecule has 27 heavy (non-hydrogen) atoms. The molecule has 3 amide bonds. The summed E-state index contributed by atoms with van der Waals surface area (Å²) in [7, 11) is 2.13. The van der Waals surface area contributed by atoms with Crippen LogP contribution in [0.4, 0.5) is 0 Å². The standard InChI is InChI=1S/C20H22N4O3/c1-22-10-12-23(13-11-22)21-17(25)8-9-24-19(26)15-6-2-4-14-5-3-7-16(18(14)15)20(24)27/h2-7H,8-13H2,1H3,(H,21,25)/p+1. The summed E-state index contributed by atoms with van der Waals surface area (Å²) in [5.41, 5.74) is 3.92. The summed E-state index contributed by atoms with van der Waals surface area (Å²) >= 11 is 0. The molecule has 0 unspecified atom stereocenters. The molecule has 4 rings (SSSR count). The summed E-state index contributed by atoms with van der Waals surface area (Å²) in [6, 6.07) is 10.9. The van der Waals surface area contributed by atoms with Crippen molar-refractivity contribution in [1.29, 1.82) is 0 Å². The molecule has 140 valence electrons. The normalized spacial score (nSPS) is 18.2. The van der Waals surface area contributed by atoms with E-state index in [9.17, 15) is 14.4 Å². The number of piperazine rings is 1. The van der Waals surface area contributed by atoms with Crippen molar-refractivity contribution < 1.29 is 19.3 Å². The van der Waals surface area contributed by atoms with Crippen LogP contribution in [0.25, 0.3) is 10.8 Å². The zero-order chi connectivity index (χ0) is 19.0. The van der Waals surface area contributed by atoms with Crippen LogP contribution in [0.2, 0.25) is 0 Å². The van der Waals surface area contributed by atoms with E-state index in [1.807, 2.05) is 29.3 Å². The molecule has 0 bridgehead atoms. The van der Waals surface area contributed by atoms with E-state index in [-0.39, 0.29) is 30.7 Å². The van der Waals surface area contributed by atoms with Crippen LogP contribution in [0, 0.1) is 0 Å². The van der Waals surface area contributed by atoms with Crippen molar-refractivity contribution in [2.45, 2.75) is 6.42 Å². The molecule has 0 saturated carbocycles. The van der Waals surface area contributed by atoms with Gasteiger partial charge in [0.05, 0.1) is 33.2 Å². The average Bonchev–Trinajstić information content (AvgIpc) is 2.67. The summed E-state index contributed by atoms with van der Waals surface area (Å²) in [6.45, 7) is 3.63. The fourth-order valence-electron chi connectivity index (χ4n) is 3.73. The highest BCUT2D eigenvalue weighted by molar-refractivity contribution is 6.25.